The lowest BCUT2D eigenvalue weighted by atomic mass is 10.1. The first kappa shape index (κ1) is 10.3. The van der Waals surface area contributed by atoms with E-state index in [0.29, 0.717) is 18.4 Å². The summed E-state index contributed by atoms with van der Waals surface area (Å²) in [5, 5.41) is 0. The van der Waals surface area contributed by atoms with Crippen molar-refractivity contribution in [2.24, 2.45) is 5.92 Å². The van der Waals surface area contributed by atoms with E-state index in [4.69, 9.17) is 0 Å². The molecule has 0 N–H and O–H groups in total. The van der Waals surface area contributed by atoms with Crippen molar-refractivity contribution in [3.8, 4) is 0 Å². The van der Waals surface area contributed by atoms with Crippen LogP contribution in [0.25, 0.3) is 0 Å². The third-order valence-electron chi connectivity index (χ3n) is 2.62. The van der Waals surface area contributed by atoms with Gasteiger partial charge in [-0.15, -0.1) is 0 Å². The average Bonchev–Trinajstić information content (AvgIpc) is 2.95. The topological polar surface area (TPSA) is 17.1 Å². The highest BCUT2D eigenvalue weighted by Crippen LogP contribution is 2.31. The number of rotatable bonds is 4. The SMILES string of the molecule is O=C(CCc1cc(F)cc(F)c1)C1CC1. The summed E-state index contributed by atoms with van der Waals surface area (Å²) in [4.78, 5) is 11.4. The number of hydrogen-bond acceptors (Lipinski definition) is 1. The van der Waals surface area contributed by atoms with Crippen molar-refractivity contribution >= 4 is 5.78 Å². The molecule has 1 aromatic rings. The number of ketones is 1. The lowest BCUT2D eigenvalue weighted by molar-refractivity contribution is -0.120. The van der Waals surface area contributed by atoms with E-state index in [2.05, 4.69) is 0 Å². The van der Waals surface area contributed by atoms with Gasteiger partial charge < -0.3 is 0 Å². The Morgan fingerprint density at radius 3 is 2.33 bits per heavy atom. The van der Waals surface area contributed by atoms with Crippen molar-refractivity contribution in [2.45, 2.75) is 25.7 Å². The number of carbonyl (C=O) groups is 1. The van der Waals surface area contributed by atoms with Gasteiger partial charge in [0.1, 0.15) is 17.4 Å². The van der Waals surface area contributed by atoms with E-state index in [0.717, 1.165) is 18.9 Å². The molecule has 1 aromatic carbocycles. The van der Waals surface area contributed by atoms with Crippen molar-refractivity contribution in [3.05, 3.63) is 35.4 Å². The summed E-state index contributed by atoms with van der Waals surface area (Å²) >= 11 is 0. The summed E-state index contributed by atoms with van der Waals surface area (Å²) in [7, 11) is 0. The van der Waals surface area contributed by atoms with E-state index < -0.39 is 11.6 Å². The molecule has 0 spiro atoms. The van der Waals surface area contributed by atoms with Gasteiger partial charge in [-0.3, -0.25) is 4.79 Å². The Morgan fingerprint density at radius 1 is 1.20 bits per heavy atom. The van der Waals surface area contributed by atoms with Gasteiger partial charge in [-0.25, -0.2) is 8.78 Å². The Bertz CT molecular complexity index is 363. The standard InChI is InChI=1S/C12H12F2O/c13-10-5-8(6-11(14)7-10)1-4-12(15)9-2-3-9/h5-7,9H,1-4H2. The fourth-order valence-electron chi connectivity index (χ4n) is 1.63. The predicted molar refractivity (Wildman–Crippen MR) is 52.4 cm³/mol. The Labute approximate surface area is 87.1 Å². The summed E-state index contributed by atoms with van der Waals surface area (Å²) in [5.74, 6) is -0.712. The molecule has 1 saturated carbocycles. The Balaban J connectivity index is 1.94. The molecule has 0 aliphatic heterocycles. The number of halogens is 2. The van der Waals surface area contributed by atoms with E-state index in [9.17, 15) is 13.6 Å². The second-order valence-corrected chi connectivity index (χ2v) is 4.02. The molecule has 80 valence electrons. The van der Waals surface area contributed by atoms with Crippen LogP contribution in [0.3, 0.4) is 0 Å². The van der Waals surface area contributed by atoms with Gasteiger partial charge in [0, 0.05) is 18.4 Å². The van der Waals surface area contributed by atoms with Crippen LogP contribution in [0.4, 0.5) is 8.78 Å². The normalized spacial score (nSPS) is 15.3. The summed E-state index contributed by atoms with van der Waals surface area (Å²) in [5.41, 5.74) is 0.557. The Hall–Kier alpha value is -1.25. The molecule has 1 nitrogen and oxygen atoms in total. The zero-order valence-electron chi connectivity index (χ0n) is 8.30. The van der Waals surface area contributed by atoms with Crippen LogP contribution in [0.15, 0.2) is 18.2 Å². The van der Waals surface area contributed by atoms with E-state index in [1.54, 1.807) is 0 Å². The van der Waals surface area contributed by atoms with E-state index in [1.807, 2.05) is 0 Å². The molecule has 0 atom stereocenters. The van der Waals surface area contributed by atoms with Gasteiger partial charge in [-0.1, -0.05) is 0 Å². The number of benzene rings is 1. The highest BCUT2D eigenvalue weighted by atomic mass is 19.1. The van der Waals surface area contributed by atoms with Gasteiger partial charge in [0.15, 0.2) is 0 Å². The fourth-order valence-corrected chi connectivity index (χ4v) is 1.63. The molecule has 0 aromatic heterocycles. The molecular weight excluding hydrogens is 198 g/mol. The Morgan fingerprint density at radius 2 is 1.80 bits per heavy atom. The van der Waals surface area contributed by atoms with Gasteiger partial charge in [0.2, 0.25) is 0 Å². The lowest BCUT2D eigenvalue weighted by Gasteiger charge is -2.01. The van der Waals surface area contributed by atoms with Gasteiger partial charge in [-0.2, -0.15) is 0 Å². The van der Waals surface area contributed by atoms with Crippen LogP contribution in [-0.2, 0) is 11.2 Å². The average molecular weight is 210 g/mol. The Kier molecular flexibility index (Phi) is 2.80. The van der Waals surface area contributed by atoms with Crippen LogP contribution in [0, 0.1) is 17.6 Å². The van der Waals surface area contributed by atoms with Gasteiger partial charge in [-0.05, 0) is 37.0 Å². The molecule has 0 unspecified atom stereocenters. The molecule has 1 aliphatic carbocycles. The molecule has 0 bridgehead atoms. The number of aryl methyl sites for hydroxylation is 1. The monoisotopic (exact) mass is 210 g/mol. The first-order valence-corrected chi connectivity index (χ1v) is 5.13. The minimum absolute atomic E-state index is 0.222. The third kappa shape index (κ3) is 2.85. The molecule has 0 heterocycles. The summed E-state index contributed by atoms with van der Waals surface area (Å²) in [6.45, 7) is 0. The molecule has 3 heteroatoms. The van der Waals surface area contributed by atoms with Crippen molar-refractivity contribution in [1.29, 1.82) is 0 Å². The van der Waals surface area contributed by atoms with Crippen molar-refractivity contribution in [1.82, 2.24) is 0 Å². The second kappa shape index (κ2) is 4.09. The third-order valence-corrected chi connectivity index (χ3v) is 2.62. The van der Waals surface area contributed by atoms with Crippen LogP contribution >= 0.6 is 0 Å². The largest absolute Gasteiger partial charge is 0.299 e. The molecule has 15 heavy (non-hydrogen) atoms. The maximum Gasteiger partial charge on any atom is 0.136 e. The predicted octanol–water partition coefficient (Wildman–Crippen LogP) is 2.88. The van der Waals surface area contributed by atoms with Gasteiger partial charge >= 0.3 is 0 Å². The van der Waals surface area contributed by atoms with Crippen LogP contribution in [0.2, 0.25) is 0 Å². The highest BCUT2D eigenvalue weighted by Gasteiger charge is 2.28. The maximum absolute atomic E-state index is 12.8. The molecule has 0 radical (unpaired) electrons. The lowest BCUT2D eigenvalue weighted by Crippen LogP contribution is -2.02. The summed E-state index contributed by atoms with van der Waals surface area (Å²) < 4.78 is 25.6. The summed E-state index contributed by atoms with van der Waals surface area (Å²) in [6, 6.07) is 3.40. The minimum Gasteiger partial charge on any atom is -0.299 e. The summed E-state index contributed by atoms with van der Waals surface area (Å²) in [6.07, 6.45) is 2.80. The van der Waals surface area contributed by atoms with Crippen LogP contribution < -0.4 is 0 Å². The van der Waals surface area contributed by atoms with E-state index in [1.165, 1.54) is 12.1 Å². The van der Waals surface area contributed by atoms with E-state index in [-0.39, 0.29) is 11.7 Å². The fraction of sp³-hybridized carbons (Fsp3) is 0.417. The van der Waals surface area contributed by atoms with Crippen LogP contribution in [0.5, 0.6) is 0 Å². The van der Waals surface area contributed by atoms with Crippen molar-refractivity contribution in [3.63, 3.8) is 0 Å². The first-order chi connectivity index (χ1) is 7.15. The molecule has 1 fully saturated rings. The minimum atomic E-state index is -0.580. The van der Waals surface area contributed by atoms with Gasteiger partial charge in [0.25, 0.3) is 0 Å². The second-order valence-electron chi connectivity index (χ2n) is 4.02. The van der Waals surface area contributed by atoms with Crippen molar-refractivity contribution in [2.75, 3.05) is 0 Å². The smallest absolute Gasteiger partial charge is 0.136 e. The number of carbonyl (C=O) groups excluding carboxylic acids is 1. The highest BCUT2D eigenvalue weighted by molar-refractivity contribution is 5.83. The van der Waals surface area contributed by atoms with Crippen molar-refractivity contribution < 1.29 is 13.6 Å². The van der Waals surface area contributed by atoms with E-state index >= 15 is 0 Å². The quantitative estimate of drug-likeness (QED) is 0.746. The first-order valence-electron chi connectivity index (χ1n) is 5.13. The molecule has 0 saturated heterocycles. The molecule has 1 aliphatic rings. The van der Waals surface area contributed by atoms with Gasteiger partial charge in [0.05, 0.1) is 0 Å². The molecule has 2 rings (SSSR count). The zero-order valence-corrected chi connectivity index (χ0v) is 8.30. The molecule has 0 amide bonds. The maximum atomic E-state index is 12.8. The number of Topliss-reactive ketones (excluding diaryl/α,β-unsaturated/α-hetero) is 1. The van der Waals surface area contributed by atoms with Crippen LogP contribution in [0.1, 0.15) is 24.8 Å². The number of hydrogen-bond donors (Lipinski definition) is 0. The van der Waals surface area contributed by atoms with Crippen LogP contribution in [-0.4, -0.2) is 5.78 Å². The molecular formula is C12H12F2O. The zero-order chi connectivity index (χ0) is 10.8.